The molecule has 0 radical (unpaired) electrons. The van der Waals surface area contributed by atoms with Crippen LogP contribution in [0.2, 0.25) is 0 Å². The monoisotopic (exact) mass is 377 g/mol. The molecule has 0 aromatic heterocycles. The normalized spacial score (nSPS) is 10.0. The Balaban J connectivity index is 0.000000217. The molecule has 1 aromatic carbocycles. The van der Waals surface area contributed by atoms with Gasteiger partial charge in [0.15, 0.2) is 0 Å². The summed E-state index contributed by atoms with van der Waals surface area (Å²) in [6.45, 7) is 0. The predicted molar refractivity (Wildman–Crippen MR) is 40.3 cm³/mol. The third kappa shape index (κ3) is 12.7. The Kier molecular flexibility index (Phi) is 5.64. The summed E-state index contributed by atoms with van der Waals surface area (Å²) in [5.74, 6) is 0. The number of benzene rings is 1. The van der Waals surface area contributed by atoms with Crippen molar-refractivity contribution in [3.63, 3.8) is 0 Å². The molecular weight excluding hydrogens is 369 g/mol. The third-order valence-electron chi connectivity index (χ3n) is 0.843. The van der Waals surface area contributed by atoms with Crippen LogP contribution in [-0.4, -0.2) is 17.5 Å². The maximum atomic E-state index is 8.74. The van der Waals surface area contributed by atoms with Crippen molar-refractivity contribution >= 4 is 13.5 Å². The van der Waals surface area contributed by atoms with E-state index in [1.807, 2.05) is 0 Å². The molecule has 0 aliphatic heterocycles. The number of rotatable bonds is 0. The summed E-state index contributed by atoms with van der Waals surface area (Å²) in [5, 5.41) is 0. The van der Waals surface area contributed by atoms with Crippen LogP contribution in [0.25, 0.3) is 0 Å². The van der Waals surface area contributed by atoms with Crippen LogP contribution in [0, 0.1) is 0 Å². The van der Waals surface area contributed by atoms with E-state index in [0.29, 0.717) is 0 Å². The van der Waals surface area contributed by atoms with Crippen LogP contribution in [0.5, 0.6) is 0 Å². The second kappa shape index (κ2) is 5.63. The SMILES string of the molecule is O=S(=O)(O)O.[Hg][c]1ccccc1. The van der Waals surface area contributed by atoms with E-state index in [0.717, 1.165) is 26.1 Å². The average Bonchev–Trinajstić information content (AvgIpc) is 1.85. The van der Waals surface area contributed by atoms with Crippen molar-refractivity contribution in [2.45, 2.75) is 0 Å². The number of hydrogen-bond donors (Lipinski definition) is 2. The zero-order valence-corrected chi connectivity index (χ0v) is 12.5. The topological polar surface area (TPSA) is 74.6 Å². The summed E-state index contributed by atoms with van der Waals surface area (Å²) in [7, 11) is -4.67. The van der Waals surface area contributed by atoms with Crippen molar-refractivity contribution in [1.29, 1.82) is 0 Å². The average molecular weight is 376 g/mol. The van der Waals surface area contributed by atoms with Gasteiger partial charge in [0, 0.05) is 0 Å². The van der Waals surface area contributed by atoms with E-state index in [1.165, 1.54) is 3.07 Å². The van der Waals surface area contributed by atoms with Crippen LogP contribution in [-0.2, 0) is 36.5 Å². The summed E-state index contributed by atoms with van der Waals surface area (Å²) in [4.78, 5) is 0. The zero-order chi connectivity index (χ0) is 9.61. The molecule has 63 valence electrons. The molecule has 0 heterocycles. The Hall–Kier alpha value is 0.0251. The van der Waals surface area contributed by atoms with Crippen molar-refractivity contribution in [3.05, 3.63) is 30.3 Å². The van der Waals surface area contributed by atoms with Crippen LogP contribution < -0.4 is 3.07 Å². The van der Waals surface area contributed by atoms with E-state index >= 15 is 0 Å². The van der Waals surface area contributed by atoms with Crippen molar-refractivity contribution in [1.82, 2.24) is 0 Å². The van der Waals surface area contributed by atoms with Gasteiger partial charge in [-0.25, -0.2) is 0 Å². The van der Waals surface area contributed by atoms with Gasteiger partial charge in [0.2, 0.25) is 0 Å². The molecule has 0 atom stereocenters. The molecule has 0 aliphatic rings. The molecule has 0 spiro atoms. The Labute approximate surface area is 87.2 Å². The molecule has 1 rings (SSSR count). The second-order valence-corrected chi connectivity index (χ2v) is 6.00. The molecule has 0 unspecified atom stereocenters. The molecule has 0 amide bonds. The van der Waals surface area contributed by atoms with E-state index in [2.05, 4.69) is 30.3 Å². The van der Waals surface area contributed by atoms with Gasteiger partial charge in [0.25, 0.3) is 0 Å². The summed E-state index contributed by atoms with van der Waals surface area (Å²) in [6, 6.07) is 10.6. The molecular formula is C6H7HgO4S. The first-order valence-electron chi connectivity index (χ1n) is 2.96. The van der Waals surface area contributed by atoms with Crippen molar-refractivity contribution < 1.29 is 43.6 Å². The molecule has 12 heavy (non-hydrogen) atoms. The van der Waals surface area contributed by atoms with E-state index in [4.69, 9.17) is 17.5 Å². The Morgan fingerprint density at radius 3 is 1.58 bits per heavy atom. The Bertz CT molecular complexity index is 300. The molecule has 0 aliphatic carbocycles. The van der Waals surface area contributed by atoms with Gasteiger partial charge >= 0.3 is 69.9 Å². The molecule has 0 saturated carbocycles. The predicted octanol–water partition coefficient (Wildman–Crippen LogP) is 0.206. The Morgan fingerprint density at radius 2 is 1.42 bits per heavy atom. The molecule has 1 aromatic rings. The van der Waals surface area contributed by atoms with Gasteiger partial charge in [0.05, 0.1) is 0 Å². The molecule has 0 saturated heterocycles. The van der Waals surface area contributed by atoms with Crippen LogP contribution >= 0.6 is 0 Å². The molecule has 0 bridgehead atoms. The van der Waals surface area contributed by atoms with Gasteiger partial charge in [-0.3, -0.25) is 9.11 Å². The molecule has 6 heteroatoms. The fraction of sp³-hybridized carbons (Fsp3) is 0. The number of hydrogen-bond acceptors (Lipinski definition) is 2. The van der Waals surface area contributed by atoms with E-state index in [9.17, 15) is 0 Å². The molecule has 4 nitrogen and oxygen atoms in total. The quantitative estimate of drug-likeness (QED) is 0.502. The fourth-order valence-electron chi connectivity index (χ4n) is 0.478. The van der Waals surface area contributed by atoms with Gasteiger partial charge in [-0.15, -0.1) is 0 Å². The second-order valence-electron chi connectivity index (χ2n) is 1.93. The Morgan fingerprint density at radius 1 is 1.08 bits per heavy atom. The first kappa shape index (κ1) is 12.0. The summed E-state index contributed by atoms with van der Waals surface area (Å²) in [5.41, 5.74) is 0. The van der Waals surface area contributed by atoms with Crippen LogP contribution in [0.1, 0.15) is 0 Å². The minimum absolute atomic E-state index is 0.810. The van der Waals surface area contributed by atoms with E-state index < -0.39 is 10.4 Å². The van der Waals surface area contributed by atoms with Crippen LogP contribution in [0.4, 0.5) is 0 Å². The molecule has 0 fully saturated rings. The van der Waals surface area contributed by atoms with Crippen molar-refractivity contribution in [3.8, 4) is 0 Å². The van der Waals surface area contributed by atoms with Gasteiger partial charge in [0.1, 0.15) is 0 Å². The van der Waals surface area contributed by atoms with E-state index in [1.54, 1.807) is 0 Å². The molecule has 2 N–H and O–H groups in total. The van der Waals surface area contributed by atoms with Crippen molar-refractivity contribution in [2.75, 3.05) is 0 Å². The van der Waals surface area contributed by atoms with E-state index in [-0.39, 0.29) is 0 Å². The van der Waals surface area contributed by atoms with Crippen LogP contribution in [0.3, 0.4) is 0 Å². The fourth-order valence-corrected chi connectivity index (χ4v) is 1.54. The van der Waals surface area contributed by atoms with Gasteiger partial charge in [-0.2, -0.15) is 8.42 Å². The summed E-state index contributed by atoms with van der Waals surface area (Å²) < 4.78 is 33.1. The first-order valence-corrected chi connectivity index (χ1v) is 7.11. The first-order chi connectivity index (χ1) is 5.39. The third-order valence-corrected chi connectivity index (χ3v) is 2.68. The zero-order valence-electron chi connectivity index (χ0n) is 6.21. The minimum atomic E-state index is -4.67. The standard InChI is InChI=1S/C6H5.Hg.H2O4S/c1-2-4-6-5-3-1;;1-5(2,3)4/h1-5H;;(H2,1,2,3,4). The summed E-state index contributed by atoms with van der Waals surface area (Å²) >= 11 is 0.810. The van der Waals surface area contributed by atoms with Gasteiger partial charge < -0.3 is 0 Å². The summed E-state index contributed by atoms with van der Waals surface area (Å²) in [6.07, 6.45) is 0. The maximum absolute atomic E-state index is 8.74. The van der Waals surface area contributed by atoms with Gasteiger partial charge in [-0.1, -0.05) is 0 Å². The van der Waals surface area contributed by atoms with Crippen molar-refractivity contribution in [2.24, 2.45) is 0 Å². The van der Waals surface area contributed by atoms with Gasteiger partial charge in [-0.05, 0) is 0 Å². The van der Waals surface area contributed by atoms with Crippen LogP contribution in [0.15, 0.2) is 30.3 Å².